The number of hydrogen-bond acceptors (Lipinski definition) is 12. The minimum absolute atomic E-state index is 0.0307. The number of rotatable bonds is 13. The molecular formula is C37H34N2O12. The van der Waals surface area contributed by atoms with Gasteiger partial charge in [-0.3, -0.25) is 9.59 Å². The summed E-state index contributed by atoms with van der Waals surface area (Å²) in [7, 11) is 3.28. The molecule has 2 N–H and O–H groups in total. The molecule has 0 spiro atoms. The summed E-state index contributed by atoms with van der Waals surface area (Å²) < 4.78 is 30.9. The number of ether oxygens (including phenoxy) is 6. The molecule has 264 valence electrons. The van der Waals surface area contributed by atoms with E-state index in [0.717, 1.165) is 21.3 Å². The molecule has 0 aliphatic heterocycles. The SMILES string of the molecule is COC(=O)C(CC(=O)Oc1ccccc1)c1cc(C(NC(=O)Oc2ccccc2)C(=O)OC)cc(C(NC(=O)Oc2ccccc2)C(=O)OC)c1. The summed E-state index contributed by atoms with van der Waals surface area (Å²) in [6.45, 7) is 0. The maximum absolute atomic E-state index is 13.2. The molecule has 2 amide bonds. The molecule has 0 saturated heterocycles. The number of nitrogens with one attached hydrogen (secondary N) is 2. The zero-order valence-electron chi connectivity index (χ0n) is 27.7. The number of amides is 2. The summed E-state index contributed by atoms with van der Waals surface area (Å²) in [5, 5.41) is 4.85. The summed E-state index contributed by atoms with van der Waals surface area (Å²) in [5.41, 5.74) is -0.0211. The summed E-state index contributed by atoms with van der Waals surface area (Å²) in [6, 6.07) is 24.9. The van der Waals surface area contributed by atoms with E-state index in [2.05, 4.69) is 10.6 Å². The van der Waals surface area contributed by atoms with Crippen LogP contribution in [0.1, 0.15) is 41.1 Å². The van der Waals surface area contributed by atoms with Crippen molar-refractivity contribution >= 4 is 36.1 Å². The fraction of sp³-hybridized carbons (Fsp3) is 0.189. The molecule has 51 heavy (non-hydrogen) atoms. The molecule has 4 aromatic carbocycles. The molecule has 3 unspecified atom stereocenters. The lowest BCUT2D eigenvalue weighted by molar-refractivity contribution is -0.146. The molecule has 14 heteroatoms. The van der Waals surface area contributed by atoms with Gasteiger partial charge in [-0.05, 0) is 53.1 Å². The van der Waals surface area contributed by atoms with Crippen LogP contribution in [0.5, 0.6) is 17.2 Å². The third kappa shape index (κ3) is 10.6. The quantitative estimate of drug-likeness (QED) is 0.109. The number of methoxy groups -OCH3 is 3. The average molecular weight is 699 g/mol. The van der Waals surface area contributed by atoms with Crippen LogP contribution in [0.3, 0.4) is 0 Å². The Hall–Kier alpha value is -6.70. The summed E-state index contributed by atoms with van der Waals surface area (Å²) in [6.07, 6.45) is -2.65. The molecule has 0 fully saturated rings. The van der Waals surface area contributed by atoms with Crippen LogP contribution in [0, 0.1) is 0 Å². The van der Waals surface area contributed by atoms with Crippen LogP contribution in [-0.4, -0.2) is 57.4 Å². The lowest BCUT2D eigenvalue weighted by Gasteiger charge is -2.23. The van der Waals surface area contributed by atoms with Gasteiger partial charge in [0.25, 0.3) is 0 Å². The van der Waals surface area contributed by atoms with Crippen molar-refractivity contribution in [1.29, 1.82) is 0 Å². The van der Waals surface area contributed by atoms with Crippen molar-refractivity contribution in [2.75, 3.05) is 21.3 Å². The zero-order valence-corrected chi connectivity index (χ0v) is 27.7. The molecule has 4 aromatic rings. The lowest BCUT2D eigenvalue weighted by Crippen LogP contribution is -2.38. The van der Waals surface area contributed by atoms with Crippen LogP contribution >= 0.6 is 0 Å². The lowest BCUT2D eigenvalue weighted by atomic mass is 9.89. The van der Waals surface area contributed by atoms with Gasteiger partial charge in [0, 0.05) is 0 Å². The monoisotopic (exact) mass is 698 g/mol. The Kier molecular flexibility index (Phi) is 13.2. The maximum atomic E-state index is 13.2. The maximum Gasteiger partial charge on any atom is 0.413 e. The van der Waals surface area contributed by atoms with E-state index >= 15 is 0 Å². The van der Waals surface area contributed by atoms with Gasteiger partial charge < -0.3 is 39.1 Å². The van der Waals surface area contributed by atoms with E-state index in [4.69, 9.17) is 28.4 Å². The highest BCUT2D eigenvalue weighted by atomic mass is 16.6. The first kappa shape index (κ1) is 37.1. The van der Waals surface area contributed by atoms with E-state index in [0.29, 0.717) is 0 Å². The van der Waals surface area contributed by atoms with Gasteiger partial charge in [0.05, 0.1) is 33.7 Å². The molecule has 0 aromatic heterocycles. The van der Waals surface area contributed by atoms with E-state index < -0.39 is 60.5 Å². The van der Waals surface area contributed by atoms with Crippen LogP contribution in [0.25, 0.3) is 0 Å². The second kappa shape index (κ2) is 18.2. The second-order valence-electron chi connectivity index (χ2n) is 10.6. The summed E-state index contributed by atoms with van der Waals surface area (Å²) >= 11 is 0. The van der Waals surface area contributed by atoms with Gasteiger partial charge in [-0.1, -0.05) is 72.8 Å². The first-order valence-corrected chi connectivity index (χ1v) is 15.3. The molecule has 0 saturated carbocycles. The smallest absolute Gasteiger partial charge is 0.413 e. The van der Waals surface area contributed by atoms with Gasteiger partial charge >= 0.3 is 36.1 Å². The predicted molar refractivity (Wildman–Crippen MR) is 179 cm³/mol. The van der Waals surface area contributed by atoms with E-state index in [9.17, 15) is 28.8 Å². The van der Waals surface area contributed by atoms with Crippen molar-refractivity contribution in [3.05, 3.63) is 126 Å². The van der Waals surface area contributed by atoms with Crippen molar-refractivity contribution < 1.29 is 57.2 Å². The second-order valence-corrected chi connectivity index (χ2v) is 10.6. The predicted octanol–water partition coefficient (Wildman–Crippen LogP) is 4.94. The largest absolute Gasteiger partial charge is 0.469 e. The van der Waals surface area contributed by atoms with Gasteiger partial charge in [0.1, 0.15) is 17.2 Å². The normalized spacial score (nSPS) is 12.1. The number of para-hydroxylation sites is 3. The zero-order chi connectivity index (χ0) is 36.8. The standard InChI is InChI=1S/C37H34N2O12/c1-46-33(41)29(22-30(40)49-26-13-7-4-8-14-26)23-19-24(31(34(42)47-2)38-36(44)50-27-15-9-5-10-16-27)21-25(20-23)32(35(43)48-3)39-37(45)51-28-17-11-6-12-18-28/h4-21,29,31-32H,22H2,1-3H3,(H,38,44)(H,39,45). The minimum Gasteiger partial charge on any atom is -0.469 e. The minimum atomic E-state index is -1.59. The van der Waals surface area contributed by atoms with Crippen molar-refractivity contribution in [3.8, 4) is 17.2 Å². The average Bonchev–Trinajstić information content (AvgIpc) is 3.15. The third-order valence-electron chi connectivity index (χ3n) is 7.21. The number of benzene rings is 4. The van der Waals surface area contributed by atoms with Crippen LogP contribution in [0.2, 0.25) is 0 Å². The van der Waals surface area contributed by atoms with Gasteiger partial charge in [-0.25, -0.2) is 19.2 Å². The molecule has 0 aliphatic rings. The highest BCUT2D eigenvalue weighted by molar-refractivity contribution is 5.88. The fourth-order valence-electron chi connectivity index (χ4n) is 4.82. The molecule has 14 nitrogen and oxygen atoms in total. The Bertz CT molecular complexity index is 1610. The van der Waals surface area contributed by atoms with Crippen molar-refractivity contribution in [2.45, 2.75) is 24.4 Å². The van der Waals surface area contributed by atoms with Crippen LogP contribution in [-0.2, 0) is 33.4 Å². The van der Waals surface area contributed by atoms with Crippen LogP contribution < -0.4 is 24.8 Å². The number of hydrogen-bond donors (Lipinski definition) is 2. The van der Waals surface area contributed by atoms with Crippen LogP contribution in [0.15, 0.2) is 109 Å². The van der Waals surface area contributed by atoms with Gasteiger partial charge in [0.2, 0.25) is 0 Å². The van der Waals surface area contributed by atoms with E-state index in [1.54, 1.807) is 66.7 Å². The van der Waals surface area contributed by atoms with Crippen molar-refractivity contribution in [3.63, 3.8) is 0 Å². The Morgan fingerprint density at radius 1 is 0.490 bits per heavy atom. The van der Waals surface area contributed by atoms with E-state index in [1.165, 1.54) is 42.5 Å². The van der Waals surface area contributed by atoms with E-state index in [-0.39, 0.29) is 33.9 Å². The number of carbonyl (C=O) groups is 6. The van der Waals surface area contributed by atoms with Crippen LogP contribution in [0.4, 0.5) is 9.59 Å². The Balaban J connectivity index is 1.79. The number of carbonyl (C=O) groups excluding carboxylic acids is 6. The van der Waals surface area contributed by atoms with Crippen molar-refractivity contribution in [2.24, 2.45) is 0 Å². The highest BCUT2D eigenvalue weighted by Crippen LogP contribution is 2.31. The molecule has 0 aliphatic carbocycles. The first-order chi connectivity index (χ1) is 24.6. The number of esters is 4. The molecular weight excluding hydrogens is 664 g/mol. The molecule has 0 heterocycles. The van der Waals surface area contributed by atoms with Crippen molar-refractivity contribution in [1.82, 2.24) is 10.6 Å². The third-order valence-corrected chi connectivity index (χ3v) is 7.21. The highest BCUT2D eigenvalue weighted by Gasteiger charge is 2.33. The Labute approximate surface area is 292 Å². The van der Waals surface area contributed by atoms with Gasteiger partial charge in [-0.15, -0.1) is 0 Å². The molecule has 0 bridgehead atoms. The summed E-state index contributed by atoms with van der Waals surface area (Å²) in [5.74, 6) is -4.43. The van der Waals surface area contributed by atoms with E-state index in [1.807, 2.05) is 0 Å². The topological polar surface area (TPSA) is 182 Å². The fourth-order valence-corrected chi connectivity index (χ4v) is 4.82. The first-order valence-electron chi connectivity index (χ1n) is 15.3. The Morgan fingerprint density at radius 3 is 1.22 bits per heavy atom. The van der Waals surface area contributed by atoms with Gasteiger partial charge in [0.15, 0.2) is 12.1 Å². The molecule has 3 atom stereocenters. The van der Waals surface area contributed by atoms with Gasteiger partial charge in [-0.2, -0.15) is 0 Å². The summed E-state index contributed by atoms with van der Waals surface area (Å²) in [4.78, 5) is 78.6. The Morgan fingerprint density at radius 2 is 0.843 bits per heavy atom. The molecule has 0 radical (unpaired) electrons. The molecule has 4 rings (SSSR count).